The van der Waals surface area contributed by atoms with Crippen LogP contribution in [0.25, 0.3) is 0 Å². The molecule has 0 aromatic heterocycles. The van der Waals surface area contributed by atoms with Crippen molar-refractivity contribution >= 4 is 27.4 Å². The van der Waals surface area contributed by atoms with Crippen molar-refractivity contribution in [2.45, 2.75) is 24.8 Å². The number of carbonyl (C=O) groups excluding carboxylic acids is 1. The standard InChI is InChI=1S/C19H16BrNO3/c20-13-8-17-16(23-9-24-17)7-12(13)19-11-5-6-15(22)18(11)10-3-1-2-4-14(10)21-19/h1-4,7-8,11,18-19,21H,5-6,9H2/t11-,18-,19+/m0/s1. The summed E-state index contributed by atoms with van der Waals surface area (Å²) < 4.78 is 12.0. The minimum atomic E-state index is -0.00947. The van der Waals surface area contributed by atoms with Gasteiger partial charge in [0.05, 0.1) is 6.04 Å². The van der Waals surface area contributed by atoms with Gasteiger partial charge in [0, 0.05) is 22.5 Å². The normalized spacial score (nSPS) is 26.7. The summed E-state index contributed by atoms with van der Waals surface area (Å²) in [7, 11) is 0. The Bertz CT molecular complexity index is 851. The topological polar surface area (TPSA) is 47.6 Å². The number of Topliss-reactive ketones (excluding diaryl/α,β-unsaturated/α-hetero) is 1. The molecule has 2 heterocycles. The Labute approximate surface area is 148 Å². The summed E-state index contributed by atoms with van der Waals surface area (Å²) in [6, 6.07) is 12.3. The molecule has 24 heavy (non-hydrogen) atoms. The van der Waals surface area contributed by atoms with E-state index in [0.29, 0.717) is 12.2 Å². The van der Waals surface area contributed by atoms with Gasteiger partial charge in [-0.3, -0.25) is 4.79 Å². The van der Waals surface area contributed by atoms with Crippen molar-refractivity contribution < 1.29 is 14.3 Å². The molecule has 3 aliphatic rings. The molecule has 4 nitrogen and oxygen atoms in total. The lowest BCUT2D eigenvalue weighted by Gasteiger charge is -2.37. The highest BCUT2D eigenvalue weighted by Gasteiger charge is 2.45. The summed E-state index contributed by atoms with van der Waals surface area (Å²) in [6.45, 7) is 0.261. The lowest BCUT2D eigenvalue weighted by Crippen LogP contribution is -2.31. The van der Waals surface area contributed by atoms with Crippen LogP contribution < -0.4 is 14.8 Å². The number of ether oxygens (including phenoxy) is 2. The fourth-order valence-electron chi connectivity index (χ4n) is 4.29. The van der Waals surface area contributed by atoms with Crippen molar-refractivity contribution in [3.8, 4) is 11.5 Å². The molecule has 2 aromatic rings. The van der Waals surface area contributed by atoms with Gasteiger partial charge in [-0.2, -0.15) is 0 Å². The lowest BCUT2D eigenvalue weighted by atomic mass is 9.77. The van der Waals surface area contributed by atoms with Crippen LogP contribution in [0.5, 0.6) is 11.5 Å². The Morgan fingerprint density at radius 1 is 1.08 bits per heavy atom. The van der Waals surface area contributed by atoms with Crippen LogP contribution in [0, 0.1) is 5.92 Å². The maximum absolute atomic E-state index is 12.5. The molecule has 5 rings (SSSR count). The van der Waals surface area contributed by atoms with E-state index in [1.807, 2.05) is 24.3 Å². The van der Waals surface area contributed by atoms with Crippen LogP contribution in [0.3, 0.4) is 0 Å². The largest absolute Gasteiger partial charge is 0.454 e. The van der Waals surface area contributed by atoms with Gasteiger partial charge in [-0.1, -0.05) is 34.1 Å². The van der Waals surface area contributed by atoms with Crippen LogP contribution in [0.15, 0.2) is 40.9 Å². The highest BCUT2D eigenvalue weighted by Crippen LogP contribution is 2.53. The zero-order valence-corrected chi connectivity index (χ0v) is 14.5. The van der Waals surface area contributed by atoms with E-state index in [2.05, 4.69) is 33.4 Å². The van der Waals surface area contributed by atoms with Gasteiger partial charge in [-0.25, -0.2) is 0 Å². The minimum Gasteiger partial charge on any atom is -0.454 e. The SMILES string of the molecule is O=C1CC[C@@H]2[C@H](c3cc4c(cc3Br)OCO4)Nc3ccccc3[C@H]12. The number of fused-ring (bicyclic) bond motifs is 4. The second-order valence-electron chi connectivity index (χ2n) is 6.58. The molecule has 1 fully saturated rings. The van der Waals surface area contributed by atoms with Crippen LogP contribution in [0.1, 0.15) is 35.9 Å². The molecule has 0 radical (unpaired) electrons. The first-order chi connectivity index (χ1) is 11.7. The van der Waals surface area contributed by atoms with Gasteiger partial charge in [0.25, 0.3) is 0 Å². The van der Waals surface area contributed by atoms with E-state index in [-0.39, 0.29) is 24.7 Å². The van der Waals surface area contributed by atoms with E-state index in [1.165, 1.54) is 0 Å². The van der Waals surface area contributed by atoms with Crippen LogP contribution in [-0.2, 0) is 4.79 Å². The van der Waals surface area contributed by atoms with Crippen LogP contribution in [-0.4, -0.2) is 12.6 Å². The number of rotatable bonds is 1. The van der Waals surface area contributed by atoms with E-state index in [0.717, 1.165) is 39.2 Å². The molecular weight excluding hydrogens is 370 g/mol. The van der Waals surface area contributed by atoms with Gasteiger partial charge in [0.15, 0.2) is 11.5 Å². The monoisotopic (exact) mass is 385 g/mol. The second-order valence-corrected chi connectivity index (χ2v) is 7.44. The number of hydrogen-bond acceptors (Lipinski definition) is 4. The molecule has 122 valence electrons. The van der Waals surface area contributed by atoms with Crippen LogP contribution in [0.4, 0.5) is 5.69 Å². The van der Waals surface area contributed by atoms with Crippen LogP contribution >= 0.6 is 15.9 Å². The van der Waals surface area contributed by atoms with Gasteiger partial charge in [0.2, 0.25) is 6.79 Å². The Morgan fingerprint density at radius 3 is 2.75 bits per heavy atom. The maximum atomic E-state index is 12.5. The molecule has 0 saturated heterocycles. The summed E-state index contributed by atoms with van der Waals surface area (Å²) >= 11 is 3.68. The second kappa shape index (κ2) is 5.24. The van der Waals surface area contributed by atoms with Gasteiger partial charge in [0.1, 0.15) is 5.78 Å². The number of para-hydroxylation sites is 1. The summed E-state index contributed by atoms with van der Waals surface area (Å²) in [4.78, 5) is 12.5. The molecule has 3 atom stereocenters. The van der Waals surface area contributed by atoms with Crippen molar-refractivity contribution in [3.63, 3.8) is 0 Å². The third kappa shape index (κ3) is 2.00. The van der Waals surface area contributed by atoms with Crippen molar-refractivity contribution in [3.05, 3.63) is 52.0 Å². The highest BCUT2D eigenvalue weighted by atomic mass is 79.9. The molecule has 5 heteroatoms. The van der Waals surface area contributed by atoms with Crippen LogP contribution in [0.2, 0.25) is 0 Å². The summed E-state index contributed by atoms with van der Waals surface area (Å²) in [5.41, 5.74) is 3.32. The minimum absolute atomic E-state index is 0.00947. The Hall–Kier alpha value is -2.01. The number of anilines is 1. The average Bonchev–Trinajstić information content (AvgIpc) is 3.20. The van der Waals surface area contributed by atoms with Crippen molar-refractivity contribution in [1.29, 1.82) is 0 Å². The molecule has 0 unspecified atom stereocenters. The first-order valence-corrected chi connectivity index (χ1v) is 8.99. The molecular formula is C19H16BrNO3. The molecule has 1 N–H and O–H groups in total. The first kappa shape index (κ1) is 14.3. The zero-order chi connectivity index (χ0) is 16.3. The zero-order valence-electron chi connectivity index (χ0n) is 12.9. The number of halogens is 1. The molecule has 1 saturated carbocycles. The van der Waals surface area contributed by atoms with Gasteiger partial charge < -0.3 is 14.8 Å². The lowest BCUT2D eigenvalue weighted by molar-refractivity contribution is -0.119. The maximum Gasteiger partial charge on any atom is 0.231 e. The molecule has 2 aromatic carbocycles. The number of nitrogens with one attached hydrogen (secondary N) is 1. The van der Waals surface area contributed by atoms with E-state index >= 15 is 0 Å². The number of benzene rings is 2. The third-order valence-corrected chi connectivity index (χ3v) is 6.05. The Kier molecular flexibility index (Phi) is 3.13. The molecule has 1 aliphatic carbocycles. The molecule has 0 amide bonds. The Balaban J connectivity index is 1.64. The van der Waals surface area contributed by atoms with E-state index in [9.17, 15) is 4.79 Å². The molecule has 2 aliphatic heterocycles. The smallest absolute Gasteiger partial charge is 0.231 e. The first-order valence-electron chi connectivity index (χ1n) is 8.19. The number of carbonyl (C=O) groups is 1. The van der Waals surface area contributed by atoms with Gasteiger partial charge >= 0.3 is 0 Å². The average molecular weight is 386 g/mol. The summed E-state index contributed by atoms with van der Waals surface area (Å²) in [5.74, 6) is 2.15. The fraction of sp³-hybridized carbons (Fsp3) is 0.316. The third-order valence-electron chi connectivity index (χ3n) is 5.36. The number of ketones is 1. The van der Waals surface area contributed by atoms with Gasteiger partial charge in [-0.15, -0.1) is 0 Å². The van der Waals surface area contributed by atoms with E-state index < -0.39 is 0 Å². The number of hydrogen-bond donors (Lipinski definition) is 1. The molecule has 0 bridgehead atoms. The quantitative estimate of drug-likeness (QED) is 0.789. The summed E-state index contributed by atoms with van der Waals surface area (Å²) in [6.07, 6.45) is 1.57. The summed E-state index contributed by atoms with van der Waals surface area (Å²) in [5, 5.41) is 3.66. The fourth-order valence-corrected chi connectivity index (χ4v) is 4.86. The predicted octanol–water partition coefficient (Wildman–Crippen LogP) is 4.41. The predicted molar refractivity (Wildman–Crippen MR) is 93.5 cm³/mol. The Morgan fingerprint density at radius 2 is 1.88 bits per heavy atom. The van der Waals surface area contributed by atoms with Gasteiger partial charge in [-0.05, 0) is 41.7 Å². The molecule has 0 spiro atoms. The highest BCUT2D eigenvalue weighted by molar-refractivity contribution is 9.10. The van der Waals surface area contributed by atoms with Crippen molar-refractivity contribution in [1.82, 2.24) is 0 Å². The van der Waals surface area contributed by atoms with Crippen molar-refractivity contribution in [2.75, 3.05) is 12.1 Å². The van der Waals surface area contributed by atoms with E-state index in [1.54, 1.807) is 0 Å². The van der Waals surface area contributed by atoms with Crippen molar-refractivity contribution in [2.24, 2.45) is 5.92 Å². The van der Waals surface area contributed by atoms with E-state index in [4.69, 9.17) is 9.47 Å².